The van der Waals surface area contributed by atoms with Crippen molar-refractivity contribution >= 4 is 11.8 Å². The fourth-order valence-electron chi connectivity index (χ4n) is 2.45. The smallest absolute Gasteiger partial charge is 0.245 e. The highest BCUT2D eigenvalue weighted by Gasteiger charge is 2.32. The minimum Gasteiger partial charge on any atom is -0.381 e. The van der Waals surface area contributed by atoms with Gasteiger partial charge in [-0.1, -0.05) is 6.92 Å². The van der Waals surface area contributed by atoms with E-state index in [-0.39, 0.29) is 24.4 Å². The van der Waals surface area contributed by atoms with Crippen molar-refractivity contribution in [2.24, 2.45) is 5.92 Å². The van der Waals surface area contributed by atoms with Crippen LogP contribution in [0.5, 0.6) is 0 Å². The van der Waals surface area contributed by atoms with Crippen molar-refractivity contribution in [2.75, 3.05) is 26.3 Å². The first kappa shape index (κ1) is 12.4. The Labute approximate surface area is 101 Å². The molecule has 2 fully saturated rings. The number of piperazine rings is 1. The highest BCUT2D eigenvalue weighted by molar-refractivity contribution is 5.94. The molecule has 1 N–H and O–H groups in total. The second-order valence-corrected chi connectivity index (χ2v) is 4.80. The summed E-state index contributed by atoms with van der Waals surface area (Å²) in [5.74, 6) is 0.512. The Balaban J connectivity index is 1.93. The number of nitrogens with zero attached hydrogens (tertiary/aromatic N) is 1. The van der Waals surface area contributed by atoms with E-state index in [1.165, 1.54) is 0 Å². The molecule has 2 aliphatic heterocycles. The maximum absolute atomic E-state index is 12.1. The van der Waals surface area contributed by atoms with Crippen molar-refractivity contribution in [3.8, 4) is 0 Å². The third-order valence-corrected chi connectivity index (χ3v) is 3.51. The second-order valence-electron chi connectivity index (χ2n) is 4.80. The quantitative estimate of drug-likeness (QED) is 0.764. The third-order valence-electron chi connectivity index (χ3n) is 3.51. The van der Waals surface area contributed by atoms with Crippen molar-refractivity contribution in [3.05, 3.63) is 0 Å². The van der Waals surface area contributed by atoms with Crippen LogP contribution in [-0.4, -0.2) is 49.1 Å². The lowest BCUT2D eigenvalue weighted by Crippen LogP contribution is -2.58. The summed E-state index contributed by atoms with van der Waals surface area (Å²) in [5, 5.41) is 2.73. The number of carbonyl (C=O) groups is 2. The van der Waals surface area contributed by atoms with Crippen molar-refractivity contribution < 1.29 is 14.3 Å². The first-order valence-electron chi connectivity index (χ1n) is 6.36. The van der Waals surface area contributed by atoms with Crippen LogP contribution < -0.4 is 5.32 Å². The standard InChI is InChI=1S/C12H20N2O3/c1-2-10-12(16)14(8-11(15)13-10)7-9-3-5-17-6-4-9/h9-10H,2-8H2,1H3,(H,13,15). The van der Waals surface area contributed by atoms with E-state index in [0.29, 0.717) is 18.9 Å². The number of amides is 2. The van der Waals surface area contributed by atoms with Crippen LogP contribution in [0, 0.1) is 5.92 Å². The molecule has 0 aliphatic carbocycles. The van der Waals surface area contributed by atoms with Crippen LogP contribution in [0.3, 0.4) is 0 Å². The lowest BCUT2D eigenvalue weighted by atomic mass is 9.98. The molecule has 2 saturated heterocycles. The molecule has 96 valence electrons. The number of carbonyl (C=O) groups excluding carboxylic acids is 2. The Kier molecular flexibility index (Phi) is 3.99. The Morgan fingerprint density at radius 1 is 1.35 bits per heavy atom. The van der Waals surface area contributed by atoms with Crippen LogP contribution in [0.2, 0.25) is 0 Å². The SMILES string of the molecule is CCC1NC(=O)CN(CC2CCOCC2)C1=O. The summed E-state index contributed by atoms with van der Waals surface area (Å²) < 4.78 is 5.30. The van der Waals surface area contributed by atoms with Gasteiger partial charge in [-0.25, -0.2) is 0 Å². The van der Waals surface area contributed by atoms with E-state index in [1.54, 1.807) is 4.90 Å². The van der Waals surface area contributed by atoms with E-state index >= 15 is 0 Å². The zero-order valence-electron chi connectivity index (χ0n) is 10.3. The average Bonchev–Trinajstić information content (AvgIpc) is 2.34. The molecule has 1 atom stereocenters. The van der Waals surface area contributed by atoms with E-state index in [2.05, 4.69) is 5.32 Å². The van der Waals surface area contributed by atoms with Crippen LogP contribution >= 0.6 is 0 Å². The molecule has 0 aromatic carbocycles. The second kappa shape index (κ2) is 5.49. The third kappa shape index (κ3) is 2.97. The minimum absolute atomic E-state index is 0.0384. The van der Waals surface area contributed by atoms with E-state index in [9.17, 15) is 9.59 Å². The van der Waals surface area contributed by atoms with Gasteiger partial charge in [0.05, 0.1) is 6.54 Å². The molecule has 0 aromatic heterocycles. The molecule has 2 amide bonds. The van der Waals surface area contributed by atoms with Gasteiger partial charge in [-0.2, -0.15) is 0 Å². The van der Waals surface area contributed by atoms with Crippen LogP contribution in [-0.2, 0) is 14.3 Å². The van der Waals surface area contributed by atoms with Gasteiger partial charge >= 0.3 is 0 Å². The molecular formula is C12H20N2O3. The lowest BCUT2D eigenvalue weighted by Gasteiger charge is -2.35. The summed E-state index contributed by atoms with van der Waals surface area (Å²) in [4.78, 5) is 25.3. The highest BCUT2D eigenvalue weighted by Crippen LogP contribution is 2.17. The zero-order chi connectivity index (χ0) is 12.3. The van der Waals surface area contributed by atoms with E-state index in [4.69, 9.17) is 4.74 Å². The molecule has 2 heterocycles. The van der Waals surface area contributed by atoms with Crippen molar-refractivity contribution in [3.63, 3.8) is 0 Å². The van der Waals surface area contributed by atoms with Crippen molar-refractivity contribution in [1.82, 2.24) is 10.2 Å². The van der Waals surface area contributed by atoms with Crippen LogP contribution in [0.15, 0.2) is 0 Å². The first-order chi connectivity index (χ1) is 8.20. The fourth-order valence-corrected chi connectivity index (χ4v) is 2.45. The van der Waals surface area contributed by atoms with Gasteiger partial charge in [0, 0.05) is 19.8 Å². The van der Waals surface area contributed by atoms with E-state index < -0.39 is 0 Å². The van der Waals surface area contributed by atoms with Gasteiger partial charge < -0.3 is 15.0 Å². The predicted octanol–water partition coefficient (Wildman–Crippen LogP) is 0.150. The number of hydrogen-bond acceptors (Lipinski definition) is 3. The van der Waals surface area contributed by atoms with Crippen LogP contribution in [0.1, 0.15) is 26.2 Å². The number of rotatable bonds is 3. The monoisotopic (exact) mass is 240 g/mol. The largest absolute Gasteiger partial charge is 0.381 e. The molecule has 2 aliphatic rings. The van der Waals surface area contributed by atoms with E-state index in [0.717, 1.165) is 26.1 Å². The fraction of sp³-hybridized carbons (Fsp3) is 0.833. The maximum Gasteiger partial charge on any atom is 0.245 e. The van der Waals surface area contributed by atoms with Crippen LogP contribution in [0.25, 0.3) is 0 Å². The Hall–Kier alpha value is -1.10. The maximum atomic E-state index is 12.1. The summed E-state index contributed by atoms with van der Waals surface area (Å²) in [7, 11) is 0. The Morgan fingerprint density at radius 2 is 2.06 bits per heavy atom. The van der Waals surface area contributed by atoms with Crippen molar-refractivity contribution in [1.29, 1.82) is 0 Å². The molecular weight excluding hydrogens is 220 g/mol. The first-order valence-corrected chi connectivity index (χ1v) is 6.36. The molecule has 17 heavy (non-hydrogen) atoms. The summed E-state index contributed by atoms with van der Waals surface area (Å²) in [6, 6.07) is -0.323. The lowest BCUT2D eigenvalue weighted by molar-refractivity contribution is -0.145. The predicted molar refractivity (Wildman–Crippen MR) is 62.3 cm³/mol. The van der Waals surface area contributed by atoms with Gasteiger partial charge in [-0.05, 0) is 25.2 Å². The Morgan fingerprint density at radius 3 is 2.71 bits per heavy atom. The van der Waals surface area contributed by atoms with Gasteiger partial charge in [0.15, 0.2) is 0 Å². The topological polar surface area (TPSA) is 58.6 Å². The normalized spacial score (nSPS) is 27.1. The highest BCUT2D eigenvalue weighted by atomic mass is 16.5. The summed E-state index contributed by atoms with van der Waals surface area (Å²) >= 11 is 0. The van der Waals surface area contributed by atoms with Gasteiger partial charge in [0.2, 0.25) is 11.8 Å². The van der Waals surface area contributed by atoms with Gasteiger partial charge in [0.25, 0.3) is 0 Å². The molecule has 1 unspecified atom stereocenters. The molecule has 0 saturated carbocycles. The Bertz CT molecular complexity index is 300. The minimum atomic E-state index is -0.323. The molecule has 0 radical (unpaired) electrons. The molecule has 5 nitrogen and oxygen atoms in total. The van der Waals surface area contributed by atoms with Gasteiger partial charge in [0.1, 0.15) is 6.04 Å². The molecule has 2 rings (SSSR count). The van der Waals surface area contributed by atoms with Gasteiger partial charge in [-0.3, -0.25) is 9.59 Å². The molecule has 5 heteroatoms. The number of nitrogens with one attached hydrogen (secondary N) is 1. The van der Waals surface area contributed by atoms with Crippen molar-refractivity contribution in [2.45, 2.75) is 32.2 Å². The summed E-state index contributed by atoms with van der Waals surface area (Å²) in [6.45, 7) is 4.38. The van der Waals surface area contributed by atoms with E-state index in [1.807, 2.05) is 6.92 Å². The van der Waals surface area contributed by atoms with Gasteiger partial charge in [-0.15, -0.1) is 0 Å². The summed E-state index contributed by atoms with van der Waals surface area (Å²) in [5.41, 5.74) is 0. The zero-order valence-corrected chi connectivity index (χ0v) is 10.3. The average molecular weight is 240 g/mol. The molecule has 0 bridgehead atoms. The van der Waals surface area contributed by atoms with Crippen LogP contribution in [0.4, 0.5) is 0 Å². The molecule has 0 aromatic rings. The number of hydrogen-bond donors (Lipinski definition) is 1. The molecule has 0 spiro atoms. The number of ether oxygens (including phenoxy) is 1. The summed E-state index contributed by atoms with van der Waals surface area (Å²) in [6.07, 6.45) is 2.64.